The Hall–Kier alpha value is -1.37. The van der Waals surface area contributed by atoms with E-state index < -0.39 is 5.97 Å². The molecule has 0 fully saturated rings. The van der Waals surface area contributed by atoms with Crippen LogP contribution in [0.25, 0.3) is 11.3 Å². The van der Waals surface area contributed by atoms with Crippen LogP contribution in [-0.4, -0.2) is 18.2 Å². The number of halogens is 1. The number of aromatic nitrogens is 1. The Morgan fingerprint density at radius 2 is 2.25 bits per heavy atom. The smallest absolute Gasteiger partial charge is 0.360 e. The van der Waals surface area contributed by atoms with Crippen LogP contribution in [0.4, 0.5) is 0 Å². The fourth-order valence-corrected chi connectivity index (χ4v) is 1.80. The molecule has 0 unspecified atom stereocenters. The van der Waals surface area contributed by atoms with E-state index in [0.29, 0.717) is 5.76 Å². The van der Waals surface area contributed by atoms with Crippen molar-refractivity contribution < 1.29 is 14.1 Å². The molecule has 0 N–H and O–H groups in total. The summed E-state index contributed by atoms with van der Waals surface area (Å²) in [6.07, 6.45) is 0. The largest absolute Gasteiger partial charge is 0.464 e. The summed E-state index contributed by atoms with van der Waals surface area (Å²) < 4.78 is 10.7. The monoisotopic (exact) mass is 329 g/mol. The van der Waals surface area contributed by atoms with Crippen molar-refractivity contribution in [1.29, 1.82) is 0 Å². The van der Waals surface area contributed by atoms with Gasteiger partial charge in [0.15, 0.2) is 11.5 Å². The Labute approximate surface area is 106 Å². The van der Waals surface area contributed by atoms with E-state index in [4.69, 9.17) is 4.52 Å². The lowest BCUT2D eigenvalue weighted by Crippen LogP contribution is -2.00. The lowest BCUT2D eigenvalue weighted by atomic mass is 10.2. The first kappa shape index (κ1) is 11.1. The maximum absolute atomic E-state index is 11.2. The number of esters is 1. The van der Waals surface area contributed by atoms with E-state index in [1.54, 1.807) is 6.07 Å². The van der Waals surface area contributed by atoms with Gasteiger partial charge in [0.1, 0.15) is 0 Å². The standard InChI is InChI=1S/C11H8INO3/c1-15-11(14)9-6-10(16-13-9)7-3-2-4-8(12)5-7/h2-6H,1H3. The molecule has 0 aliphatic carbocycles. The maximum atomic E-state index is 11.2. The lowest BCUT2D eigenvalue weighted by molar-refractivity contribution is 0.0589. The Morgan fingerprint density at radius 1 is 1.44 bits per heavy atom. The van der Waals surface area contributed by atoms with E-state index in [0.717, 1.165) is 9.13 Å². The highest BCUT2D eigenvalue weighted by Crippen LogP contribution is 2.22. The van der Waals surface area contributed by atoms with Gasteiger partial charge in [-0.05, 0) is 34.7 Å². The van der Waals surface area contributed by atoms with E-state index in [9.17, 15) is 4.79 Å². The number of hydrogen-bond donors (Lipinski definition) is 0. The normalized spacial score (nSPS) is 10.1. The van der Waals surface area contributed by atoms with Gasteiger partial charge in [0, 0.05) is 15.2 Å². The predicted octanol–water partition coefficient (Wildman–Crippen LogP) is 2.73. The third-order valence-electron chi connectivity index (χ3n) is 2.01. The zero-order valence-electron chi connectivity index (χ0n) is 8.44. The first-order valence-electron chi connectivity index (χ1n) is 4.51. The first-order valence-corrected chi connectivity index (χ1v) is 5.59. The molecule has 0 aliphatic heterocycles. The van der Waals surface area contributed by atoms with Gasteiger partial charge < -0.3 is 9.26 Å². The molecular formula is C11H8INO3. The molecular weight excluding hydrogens is 321 g/mol. The second-order valence-electron chi connectivity index (χ2n) is 3.08. The Morgan fingerprint density at radius 3 is 2.94 bits per heavy atom. The molecule has 0 saturated carbocycles. The van der Waals surface area contributed by atoms with E-state index in [2.05, 4.69) is 32.5 Å². The third kappa shape index (κ3) is 2.24. The SMILES string of the molecule is COC(=O)c1cc(-c2cccc(I)c2)on1. The van der Waals surface area contributed by atoms with Crippen LogP contribution in [0, 0.1) is 3.57 Å². The van der Waals surface area contributed by atoms with Crippen molar-refractivity contribution >= 4 is 28.6 Å². The molecule has 82 valence electrons. The third-order valence-corrected chi connectivity index (χ3v) is 2.68. The predicted molar refractivity (Wildman–Crippen MR) is 66.0 cm³/mol. The van der Waals surface area contributed by atoms with Crippen LogP contribution in [0.1, 0.15) is 10.5 Å². The second kappa shape index (κ2) is 4.65. The molecule has 16 heavy (non-hydrogen) atoms. The number of hydrogen-bond acceptors (Lipinski definition) is 4. The zero-order valence-corrected chi connectivity index (χ0v) is 10.6. The maximum Gasteiger partial charge on any atom is 0.360 e. The molecule has 2 aromatic rings. The molecule has 1 aromatic carbocycles. The quantitative estimate of drug-likeness (QED) is 0.628. The van der Waals surface area contributed by atoms with Crippen LogP contribution in [0.2, 0.25) is 0 Å². The van der Waals surface area contributed by atoms with Crippen LogP contribution in [0.5, 0.6) is 0 Å². The van der Waals surface area contributed by atoms with Gasteiger partial charge in [0.25, 0.3) is 0 Å². The number of carbonyl (C=O) groups is 1. The number of carbonyl (C=O) groups excluding carboxylic acids is 1. The molecule has 0 aliphatic rings. The lowest BCUT2D eigenvalue weighted by Gasteiger charge is -1.94. The Kier molecular flexibility index (Phi) is 3.23. The van der Waals surface area contributed by atoms with Crippen molar-refractivity contribution in [3.8, 4) is 11.3 Å². The fourth-order valence-electron chi connectivity index (χ4n) is 1.25. The summed E-state index contributed by atoms with van der Waals surface area (Å²) in [5.41, 5.74) is 1.06. The van der Waals surface area contributed by atoms with Gasteiger partial charge in [-0.2, -0.15) is 0 Å². The average molecular weight is 329 g/mol. The molecule has 5 heteroatoms. The van der Waals surface area contributed by atoms with Crippen LogP contribution in [0.15, 0.2) is 34.9 Å². The molecule has 4 nitrogen and oxygen atoms in total. The van der Waals surface area contributed by atoms with Gasteiger partial charge in [-0.3, -0.25) is 0 Å². The summed E-state index contributed by atoms with van der Waals surface area (Å²) in [6, 6.07) is 9.29. The summed E-state index contributed by atoms with van der Waals surface area (Å²) in [4.78, 5) is 11.2. The Balaban J connectivity index is 2.35. The van der Waals surface area contributed by atoms with Crippen molar-refractivity contribution in [2.75, 3.05) is 7.11 Å². The zero-order chi connectivity index (χ0) is 11.5. The van der Waals surface area contributed by atoms with Gasteiger partial charge in [-0.15, -0.1) is 0 Å². The van der Waals surface area contributed by atoms with Crippen molar-refractivity contribution in [3.05, 3.63) is 39.6 Å². The minimum atomic E-state index is -0.499. The highest BCUT2D eigenvalue weighted by molar-refractivity contribution is 14.1. The van der Waals surface area contributed by atoms with Crippen LogP contribution in [-0.2, 0) is 4.74 Å². The molecule has 1 heterocycles. The molecule has 0 radical (unpaired) electrons. The summed E-state index contributed by atoms with van der Waals surface area (Å²) in [5.74, 6) is 0.0551. The minimum Gasteiger partial charge on any atom is -0.464 e. The molecule has 0 saturated heterocycles. The van der Waals surface area contributed by atoms with Crippen LogP contribution in [0.3, 0.4) is 0 Å². The van der Waals surface area contributed by atoms with Crippen molar-refractivity contribution in [2.24, 2.45) is 0 Å². The van der Waals surface area contributed by atoms with Crippen molar-refractivity contribution in [2.45, 2.75) is 0 Å². The first-order chi connectivity index (χ1) is 7.70. The van der Waals surface area contributed by atoms with Gasteiger partial charge in [0.2, 0.25) is 0 Å². The summed E-state index contributed by atoms with van der Waals surface area (Å²) in [6.45, 7) is 0. The Bertz CT molecular complexity index is 521. The number of nitrogens with zero attached hydrogens (tertiary/aromatic N) is 1. The van der Waals surface area contributed by atoms with E-state index in [1.165, 1.54) is 7.11 Å². The van der Waals surface area contributed by atoms with E-state index in [1.807, 2.05) is 24.3 Å². The number of methoxy groups -OCH3 is 1. The van der Waals surface area contributed by atoms with Gasteiger partial charge in [0.05, 0.1) is 7.11 Å². The summed E-state index contributed by atoms with van der Waals surface area (Å²) in [7, 11) is 1.31. The fraction of sp³-hybridized carbons (Fsp3) is 0.0909. The molecule has 0 spiro atoms. The van der Waals surface area contributed by atoms with Crippen LogP contribution >= 0.6 is 22.6 Å². The molecule has 0 atom stereocenters. The highest BCUT2D eigenvalue weighted by Gasteiger charge is 2.13. The molecule has 0 bridgehead atoms. The van der Waals surface area contributed by atoms with Gasteiger partial charge in [-0.1, -0.05) is 17.3 Å². The van der Waals surface area contributed by atoms with Crippen molar-refractivity contribution in [1.82, 2.24) is 5.16 Å². The molecule has 1 aromatic heterocycles. The second-order valence-corrected chi connectivity index (χ2v) is 4.32. The number of rotatable bonds is 2. The summed E-state index contributed by atoms with van der Waals surface area (Å²) in [5, 5.41) is 3.64. The average Bonchev–Trinajstić information content (AvgIpc) is 2.77. The minimum absolute atomic E-state index is 0.177. The van der Waals surface area contributed by atoms with Gasteiger partial charge in [-0.25, -0.2) is 4.79 Å². The molecule has 0 amide bonds. The van der Waals surface area contributed by atoms with Crippen molar-refractivity contribution in [3.63, 3.8) is 0 Å². The number of benzene rings is 1. The van der Waals surface area contributed by atoms with E-state index >= 15 is 0 Å². The summed E-state index contributed by atoms with van der Waals surface area (Å²) >= 11 is 2.21. The number of ether oxygens (including phenoxy) is 1. The molecule has 2 rings (SSSR count). The topological polar surface area (TPSA) is 52.3 Å². The van der Waals surface area contributed by atoms with Gasteiger partial charge >= 0.3 is 5.97 Å². The van der Waals surface area contributed by atoms with E-state index in [-0.39, 0.29) is 5.69 Å². The van der Waals surface area contributed by atoms with Crippen LogP contribution < -0.4 is 0 Å². The highest BCUT2D eigenvalue weighted by atomic mass is 127.